The number of carbonyl (C=O) groups is 2. The molecule has 0 saturated carbocycles. The first-order valence-electron chi connectivity index (χ1n) is 8.64. The van der Waals surface area contributed by atoms with Crippen molar-refractivity contribution >= 4 is 21.8 Å². The fraction of sp³-hybridized carbons (Fsp3) is 0.529. The van der Waals surface area contributed by atoms with Crippen LogP contribution in [-0.4, -0.2) is 75.4 Å². The minimum atomic E-state index is -3.64. The van der Waals surface area contributed by atoms with Gasteiger partial charge >= 0.3 is 0 Å². The Morgan fingerprint density at radius 2 is 1.85 bits per heavy atom. The number of benzene rings is 1. The molecule has 0 aliphatic carbocycles. The van der Waals surface area contributed by atoms with E-state index in [2.05, 4.69) is 5.32 Å². The highest BCUT2D eigenvalue weighted by molar-refractivity contribution is 7.89. The van der Waals surface area contributed by atoms with E-state index in [0.717, 1.165) is 0 Å². The van der Waals surface area contributed by atoms with Gasteiger partial charge in [0.2, 0.25) is 15.9 Å². The van der Waals surface area contributed by atoms with Gasteiger partial charge in [-0.25, -0.2) is 8.42 Å². The van der Waals surface area contributed by atoms with Crippen LogP contribution in [0.15, 0.2) is 29.2 Å². The van der Waals surface area contributed by atoms with Gasteiger partial charge in [0.05, 0.1) is 24.7 Å². The molecule has 0 atom stereocenters. The summed E-state index contributed by atoms with van der Waals surface area (Å²) in [6.45, 7) is 6.08. The molecular weight excluding hydrogens is 358 g/mol. The zero-order chi connectivity index (χ0) is 19.2. The van der Waals surface area contributed by atoms with E-state index < -0.39 is 15.9 Å². The third kappa shape index (κ3) is 4.80. The fourth-order valence-electron chi connectivity index (χ4n) is 2.69. The monoisotopic (exact) mass is 383 g/mol. The molecule has 26 heavy (non-hydrogen) atoms. The molecule has 8 nitrogen and oxygen atoms in total. The zero-order valence-electron chi connectivity index (χ0n) is 15.1. The number of hydrogen-bond acceptors (Lipinski definition) is 5. The lowest BCUT2D eigenvalue weighted by atomic mass is 10.2. The smallest absolute Gasteiger partial charge is 0.251 e. The minimum Gasteiger partial charge on any atom is -0.378 e. The van der Waals surface area contributed by atoms with Crippen molar-refractivity contribution in [2.45, 2.75) is 18.7 Å². The molecule has 0 radical (unpaired) electrons. The molecule has 9 heteroatoms. The highest BCUT2D eigenvalue weighted by atomic mass is 32.2. The SMILES string of the molecule is CCN(CC)S(=O)(=O)c1cccc(C(=O)NCC(=O)N2CCOCC2)c1. The Hall–Kier alpha value is -1.97. The molecule has 1 heterocycles. The summed E-state index contributed by atoms with van der Waals surface area (Å²) in [7, 11) is -3.64. The first-order valence-corrected chi connectivity index (χ1v) is 10.1. The molecule has 1 saturated heterocycles. The number of hydrogen-bond donors (Lipinski definition) is 1. The summed E-state index contributed by atoms with van der Waals surface area (Å²) >= 11 is 0. The maximum atomic E-state index is 12.6. The number of morpholine rings is 1. The van der Waals surface area contributed by atoms with E-state index in [1.165, 1.54) is 28.6 Å². The van der Waals surface area contributed by atoms with Crippen LogP contribution in [0.5, 0.6) is 0 Å². The van der Waals surface area contributed by atoms with Crippen LogP contribution in [0.1, 0.15) is 24.2 Å². The standard InChI is InChI=1S/C17H25N3O5S/c1-3-20(4-2)26(23,24)15-7-5-6-14(12-15)17(22)18-13-16(21)19-8-10-25-11-9-19/h5-7,12H,3-4,8-11,13H2,1-2H3,(H,18,22). The molecule has 2 rings (SSSR count). The molecule has 0 bridgehead atoms. The number of amides is 2. The number of carbonyl (C=O) groups excluding carboxylic acids is 2. The normalized spacial score (nSPS) is 15.1. The van der Waals surface area contributed by atoms with Crippen LogP contribution in [0.4, 0.5) is 0 Å². The van der Waals surface area contributed by atoms with Crippen LogP contribution < -0.4 is 5.32 Å². The summed E-state index contributed by atoms with van der Waals surface area (Å²) in [6.07, 6.45) is 0. The van der Waals surface area contributed by atoms with Crippen LogP contribution in [-0.2, 0) is 19.6 Å². The van der Waals surface area contributed by atoms with Crippen LogP contribution >= 0.6 is 0 Å². The summed E-state index contributed by atoms with van der Waals surface area (Å²) in [5.41, 5.74) is 0.202. The van der Waals surface area contributed by atoms with E-state index in [1.54, 1.807) is 18.7 Å². The molecule has 1 fully saturated rings. The second-order valence-electron chi connectivity index (χ2n) is 5.79. The molecule has 0 unspecified atom stereocenters. The van der Waals surface area contributed by atoms with Crippen molar-refractivity contribution in [1.29, 1.82) is 0 Å². The summed E-state index contributed by atoms with van der Waals surface area (Å²) in [5.74, 6) is -0.670. The minimum absolute atomic E-state index is 0.0633. The maximum Gasteiger partial charge on any atom is 0.251 e. The topological polar surface area (TPSA) is 96.0 Å². The van der Waals surface area contributed by atoms with Gasteiger partial charge in [0.15, 0.2) is 0 Å². The van der Waals surface area contributed by atoms with E-state index in [9.17, 15) is 18.0 Å². The van der Waals surface area contributed by atoms with E-state index >= 15 is 0 Å². The van der Waals surface area contributed by atoms with Gasteiger partial charge in [-0.3, -0.25) is 9.59 Å². The largest absolute Gasteiger partial charge is 0.378 e. The van der Waals surface area contributed by atoms with Crippen molar-refractivity contribution in [2.24, 2.45) is 0 Å². The zero-order valence-corrected chi connectivity index (χ0v) is 15.9. The number of rotatable bonds is 7. The number of nitrogens with zero attached hydrogens (tertiary/aromatic N) is 2. The molecule has 1 aromatic carbocycles. The Balaban J connectivity index is 2.04. The number of nitrogens with one attached hydrogen (secondary N) is 1. The Kier molecular flexibility index (Phi) is 7.13. The van der Waals surface area contributed by atoms with Crippen molar-refractivity contribution in [3.63, 3.8) is 0 Å². The van der Waals surface area contributed by atoms with Gasteiger partial charge in [-0.2, -0.15) is 4.31 Å². The molecule has 0 spiro atoms. The van der Waals surface area contributed by atoms with E-state index in [1.807, 2.05) is 0 Å². The molecule has 1 aromatic rings. The molecule has 144 valence electrons. The predicted octanol–water partition coefficient (Wildman–Crippen LogP) is 0.306. The highest BCUT2D eigenvalue weighted by Crippen LogP contribution is 2.17. The second-order valence-corrected chi connectivity index (χ2v) is 7.73. The Morgan fingerprint density at radius 1 is 1.19 bits per heavy atom. The molecule has 0 aromatic heterocycles. The summed E-state index contributed by atoms with van der Waals surface area (Å²) in [5, 5.41) is 2.55. The predicted molar refractivity (Wildman–Crippen MR) is 96.3 cm³/mol. The highest BCUT2D eigenvalue weighted by Gasteiger charge is 2.23. The van der Waals surface area contributed by atoms with Crippen LogP contribution in [0.3, 0.4) is 0 Å². The van der Waals surface area contributed by atoms with Gasteiger partial charge in [0, 0.05) is 31.7 Å². The van der Waals surface area contributed by atoms with Crippen LogP contribution in [0.2, 0.25) is 0 Å². The quantitative estimate of drug-likeness (QED) is 0.731. The Morgan fingerprint density at radius 3 is 2.46 bits per heavy atom. The summed E-state index contributed by atoms with van der Waals surface area (Å²) in [4.78, 5) is 26.1. The van der Waals surface area contributed by atoms with Crippen LogP contribution in [0, 0.1) is 0 Å². The average molecular weight is 383 g/mol. The van der Waals surface area contributed by atoms with Gasteiger partial charge in [-0.15, -0.1) is 0 Å². The van der Waals surface area contributed by atoms with Gasteiger partial charge in [0.25, 0.3) is 5.91 Å². The van der Waals surface area contributed by atoms with Gasteiger partial charge < -0.3 is 15.0 Å². The molecular formula is C17H25N3O5S. The molecule has 1 aliphatic heterocycles. The second kappa shape index (κ2) is 9.11. The maximum absolute atomic E-state index is 12.6. The molecule has 2 amide bonds. The van der Waals surface area contributed by atoms with Crippen molar-refractivity contribution in [3.8, 4) is 0 Å². The third-order valence-electron chi connectivity index (χ3n) is 4.20. The number of ether oxygens (including phenoxy) is 1. The summed E-state index contributed by atoms with van der Waals surface area (Å²) in [6, 6.07) is 5.84. The molecule has 1 N–H and O–H groups in total. The van der Waals surface area contributed by atoms with Crippen molar-refractivity contribution in [1.82, 2.24) is 14.5 Å². The lowest BCUT2D eigenvalue weighted by Gasteiger charge is -2.26. The van der Waals surface area contributed by atoms with Gasteiger partial charge in [-0.05, 0) is 18.2 Å². The van der Waals surface area contributed by atoms with Crippen LogP contribution in [0.25, 0.3) is 0 Å². The third-order valence-corrected chi connectivity index (χ3v) is 6.25. The number of sulfonamides is 1. The van der Waals surface area contributed by atoms with Crippen molar-refractivity contribution in [2.75, 3.05) is 45.9 Å². The Labute approximate surface area is 154 Å². The van der Waals surface area contributed by atoms with Gasteiger partial charge in [-0.1, -0.05) is 19.9 Å². The Bertz CT molecular complexity index is 741. The lowest BCUT2D eigenvalue weighted by Crippen LogP contribution is -2.45. The first kappa shape index (κ1) is 20.3. The average Bonchev–Trinajstić information content (AvgIpc) is 2.67. The lowest BCUT2D eigenvalue weighted by molar-refractivity contribution is -0.134. The molecule has 1 aliphatic rings. The van der Waals surface area contributed by atoms with E-state index in [0.29, 0.717) is 39.4 Å². The van der Waals surface area contributed by atoms with Crippen molar-refractivity contribution < 1.29 is 22.7 Å². The fourth-order valence-corrected chi connectivity index (χ4v) is 4.20. The first-order chi connectivity index (χ1) is 12.4. The van der Waals surface area contributed by atoms with E-state index in [-0.39, 0.29) is 22.9 Å². The van der Waals surface area contributed by atoms with E-state index in [4.69, 9.17) is 4.74 Å². The van der Waals surface area contributed by atoms with Gasteiger partial charge in [0.1, 0.15) is 0 Å². The van der Waals surface area contributed by atoms with Crippen molar-refractivity contribution in [3.05, 3.63) is 29.8 Å². The summed E-state index contributed by atoms with van der Waals surface area (Å²) < 4.78 is 31.6.